The van der Waals surface area contributed by atoms with Crippen molar-refractivity contribution in [3.63, 3.8) is 0 Å². The van der Waals surface area contributed by atoms with Gasteiger partial charge in [0.05, 0.1) is 12.0 Å². The highest BCUT2D eigenvalue weighted by Crippen LogP contribution is 2.24. The van der Waals surface area contributed by atoms with E-state index in [0.29, 0.717) is 5.39 Å². The fraction of sp³-hybridized carbons (Fsp3) is 0.154. The SMILES string of the molecule is O=C(O)[C@H](CO)N=Cc1c(O)c2ccccc2oc1=O. The van der Waals surface area contributed by atoms with Gasteiger partial charge in [-0.25, -0.2) is 9.59 Å². The Morgan fingerprint density at radius 1 is 1.40 bits per heavy atom. The maximum absolute atomic E-state index is 11.7. The molecule has 1 aromatic heterocycles. The number of nitrogens with zero attached hydrogens (tertiary/aromatic N) is 1. The lowest BCUT2D eigenvalue weighted by molar-refractivity contribution is -0.139. The van der Waals surface area contributed by atoms with Crippen LogP contribution in [0.2, 0.25) is 0 Å². The number of carbonyl (C=O) groups is 1. The summed E-state index contributed by atoms with van der Waals surface area (Å²) in [5.74, 6) is -1.68. The fourth-order valence-corrected chi connectivity index (χ4v) is 1.62. The van der Waals surface area contributed by atoms with Crippen LogP contribution in [0.25, 0.3) is 11.0 Å². The number of aliphatic hydroxyl groups excluding tert-OH is 1. The van der Waals surface area contributed by atoms with Gasteiger partial charge < -0.3 is 19.7 Å². The summed E-state index contributed by atoms with van der Waals surface area (Å²) >= 11 is 0. The fourth-order valence-electron chi connectivity index (χ4n) is 1.62. The summed E-state index contributed by atoms with van der Waals surface area (Å²) in [6.07, 6.45) is 0.891. The quantitative estimate of drug-likeness (QED) is 0.548. The van der Waals surface area contributed by atoms with Crippen molar-refractivity contribution in [2.24, 2.45) is 4.99 Å². The number of aromatic hydroxyl groups is 1. The lowest BCUT2D eigenvalue weighted by atomic mass is 10.1. The van der Waals surface area contributed by atoms with E-state index in [2.05, 4.69) is 4.99 Å². The molecule has 7 heteroatoms. The number of rotatable bonds is 4. The first-order valence-corrected chi connectivity index (χ1v) is 5.66. The van der Waals surface area contributed by atoms with Crippen LogP contribution in [0.15, 0.2) is 38.5 Å². The van der Waals surface area contributed by atoms with Crippen molar-refractivity contribution in [2.45, 2.75) is 6.04 Å². The van der Waals surface area contributed by atoms with E-state index in [0.717, 1.165) is 6.21 Å². The number of para-hydroxylation sites is 1. The van der Waals surface area contributed by atoms with Crippen LogP contribution in [0.3, 0.4) is 0 Å². The van der Waals surface area contributed by atoms with Gasteiger partial charge in [-0.2, -0.15) is 0 Å². The first kappa shape index (κ1) is 13.8. The molecule has 2 aromatic rings. The van der Waals surface area contributed by atoms with Gasteiger partial charge in [0.1, 0.15) is 16.9 Å². The summed E-state index contributed by atoms with van der Waals surface area (Å²) < 4.78 is 4.98. The van der Waals surface area contributed by atoms with Crippen LogP contribution >= 0.6 is 0 Å². The average molecular weight is 277 g/mol. The Bertz CT molecular complexity index is 733. The summed E-state index contributed by atoms with van der Waals surface area (Å²) in [5.41, 5.74) is -0.889. The lowest BCUT2D eigenvalue weighted by Gasteiger charge is -2.04. The van der Waals surface area contributed by atoms with Gasteiger partial charge in [-0.05, 0) is 12.1 Å². The molecule has 0 saturated heterocycles. The molecule has 0 bridgehead atoms. The third kappa shape index (κ3) is 2.52. The maximum atomic E-state index is 11.7. The summed E-state index contributed by atoms with van der Waals surface area (Å²) in [7, 11) is 0. The first-order chi connectivity index (χ1) is 9.54. The van der Waals surface area contributed by atoms with E-state index >= 15 is 0 Å². The molecule has 0 unspecified atom stereocenters. The van der Waals surface area contributed by atoms with E-state index < -0.39 is 24.2 Å². The van der Waals surface area contributed by atoms with Gasteiger partial charge in [-0.1, -0.05) is 12.1 Å². The van der Waals surface area contributed by atoms with Gasteiger partial charge in [0, 0.05) is 6.21 Å². The monoisotopic (exact) mass is 277 g/mol. The van der Waals surface area contributed by atoms with Gasteiger partial charge in [-0.15, -0.1) is 0 Å². The Kier molecular flexibility index (Phi) is 3.81. The average Bonchev–Trinajstić information content (AvgIpc) is 2.42. The highest BCUT2D eigenvalue weighted by molar-refractivity contribution is 5.94. The van der Waals surface area contributed by atoms with E-state index in [4.69, 9.17) is 14.6 Å². The first-order valence-electron chi connectivity index (χ1n) is 5.66. The molecule has 104 valence electrons. The number of hydrogen-bond acceptors (Lipinski definition) is 6. The molecule has 0 aliphatic rings. The zero-order chi connectivity index (χ0) is 14.7. The molecule has 1 heterocycles. The van der Waals surface area contributed by atoms with Gasteiger partial charge in [-0.3, -0.25) is 4.99 Å². The Labute approximate surface area is 112 Å². The number of benzene rings is 1. The molecule has 0 fully saturated rings. The molecule has 0 saturated carbocycles. The second-order valence-electron chi connectivity index (χ2n) is 3.96. The minimum Gasteiger partial charge on any atom is -0.506 e. The number of aliphatic imine (C=N–C) groups is 1. The number of aliphatic carboxylic acids is 1. The zero-order valence-corrected chi connectivity index (χ0v) is 10.2. The van der Waals surface area contributed by atoms with Crippen molar-refractivity contribution in [1.29, 1.82) is 0 Å². The number of hydrogen-bond donors (Lipinski definition) is 3. The highest BCUT2D eigenvalue weighted by atomic mass is 16.4. The van der Waals surface area contributed by atoms with Crippen molar-refractivity contribution in [3.05, 3.63) is 40.2 Å². The standard InChI is InChI=1S/C13H11NO6/c15-6-9(12(17)18)14-5-8-11(16)7-3-1-2-4-10(7)20-13(8)19/h1-5,9,15-16H,6H2,(H,17,18)/t9-/m0/s1. The van der Waals surface area contributed by atoms with E-state index in [1.165, 1.54) is 6.07 Å². The van der Waals surface area contributed by atoms with Crippen LogP contribution in [0.1, 0.15) is 5.56 Å². The molecule has 1 aromatic carbocycles. The molecule has 20 heavy (non-hydrogen) atoms. The van der Waals surface area contributed by atoms with Gasteiger partial charge in [0.2, 0.25) is 0 Å². The minimum atomic E-state index is -1.40. The summed E-state index contributed by atoms with van der Waals surface area (Å²) in [6, 6.07) is 4.96. The number of aliphatic hydroxyl groups is 1. The number of carboxylic acids is 1. The van der Waals surface area contributed by atoms with Crippen LogP contribution in [-0.2, 0) is 4.79 Å². The van der Waals surface area contributed by atoms with Crippen LogP contribution in [0.4, 0.5) is 0 Å². The molecule has 3 N–H and O–H groups in total. The number of carboxylic acid groups (broad SMARTS) is 1. The molecule has 0 amide bonds. The minimum absolute atomic E-state index is 0.212. The van der Waals surface area contributed by atoms with Gasteiger partial charge in [0.15, 0.2) is 6.04 Å². The van der Waals surface area contributed by atoms with Crippen LogP contribution in [0, 0.1) is 0 Å². The third-order valence-corrected chi connectivity index (χ3v) is 2.66. The molecular weight excluding hydrogens is 266 g/mol. The summed E-state index contributed by atoms with van der Waals surface area (Å²) in [5, 5.41) is 27.9. The molecular formula is C13H11NO6. The second kappa shape index (κ2) is 5.54. The highest BCUT2D eigenvalue weighted by Gasteiger charge is 2.16. The smallest absolute Gasteiger partial charge is 0.348 e. The van der Waals surface area contributed by atoms with E-state index in [1.54, 1.807) is 18.2 Å². The Hall–Kier alpha value is -2.67. The summed E-state index contributed by atoms with van der Waals surface area (Å²) in [6.45, 7) is -0.717. The number of fused-ring (bicyclic) bond motifs is 1. The normalized spacial score (nSPS) is 12.8. The topological polar surface area (TPSA) is 120 Å². The molecule has 0 aliphatic carbocycles. The van der Waals surface area contributed by atoms with Crippen molar-refractivity contribution in [2.75, 3.05) is 6.61 Å². The van der Waals surface area contributed by atoms with E-state index in [9.17, 15) is 14.7 Å². The second-order valence-corrected chi connectivity index (χ2v) is 3.96. The molecule has 0 radical (unpaired) electrons. The van der Waals surface area contributed by atoms with Crippen molar-refractivity contribution < 1.29 is 24.5 Å². The molecule has 0 spiro atoms. The van der Waals surface area contributed by atoms with Crippen molar-refractivity contribution in [3.8, 4) is 5.75 Å². The molecule has 7 nitrogen and oxygen atoms in total. The Morgan fingerprint density at radius 2 is 2.10 bits per heavy atom. The predicted octanol–water partition coefficient (Wildman–Crippen LogP) is 0.363. The third-order valence-electron chi connectivity index (χ3n) is 2.66. The van der Waals surface area contributed by atoms with Crippen molar-refractivity contribution in [1.82, 2.24) is 0 Å². The van der Waals surface area contributed by atoms with Crippen LogP contribution in [-0.4, -0.2) is 40.2 Å². The van der Waals surface area contributed by atoms with Crippen molar-refractivity contribution >= 4 is 23.2 Å². The van der Waals surface area contributed by atoms with E-state index in [-0.39, 0.29) is 16.9 Å². The Balaban J connectivity index is 2.52. The van der Waals surface area contributed by atoms with Gasteiger partial charge in [0.25, 0.3) is 0 Å². The molecule has 0 aliphatic heterocycles. The lowest BCUT2D eigenvalue weighted by Crippen LogP contribution is -2.22. The Morgan fingerprint density at radius 3 is 2.75 bits per heavy atom. The largest absolute Gasteiger partial charge is 0.506 e. The zero-order valence-electron chi connectivity index (χ0n) is 10.2. The van der Waals surface area contributed by atoms with Gasteiger partial charge >= 0.3 is 11.6 Å². The maximum Gasteiger partial charge on any atom is 0.348 e. The van der Waals surface area contributed by atoms with Crippen LogP contribution < -0.4 is 5.63 Å². The van der Waals surface area contributed by atoms with E-state index in [1.807, 2.05) is 0 Å². The summed E-state index contributed by atoms with van der Waals surface area (Å²) in [4.78, 5) is 25.9. The predicted molar refractivity (Wildman–Crippen MR) is 70.3 cm³/mol. The molecule has 1 atom stereocenters. The molecule has 2 rings (SSSR count). The van der Waals surface area contributed by atoms with Crippen LogP contribution in [0.5, 0.6) is 5.75 Å².